The summed E-state index contributed by atoms with van der Waals surface area (Å²) in [7, 11) is 0. The molecule has 0 aromatic heterocycles. The molecule has 0 N–H and O–H groups in total. The monoisotopic (exact) mass is 424 g/mol. The molecule has 0 saturated carbocycles. The lowest BCUT2D eigenvalue weighted by Crippen LogP contribution is -2.00. The SMILES string of the molecule is Fc1cccc(Cl)c1CC(Cl)c1ccc(Br)cc1Br. The Morgan fingerprint density at radius 2 is 1.89 bits per heavy atom. The molecule has 0 nitrogen and oxygen atoms in total. The molecule has 1 atom stereocenters. The standard InChI is InChI=1S/C14H9Br2Cl2F/c15-8-4-5-9(11(16)6-8)13(18)7-10-12(17)2-1-3-14(10)19/h1-6,13H,7H2. The van der Waals surface area contributed by atoms with Crippen LogP contribution in [0, 0.1) is 5.82 Å². The highest BCUT2D eigenvalue weighted by atomic mass is 79.9. The fourth-order valence-corrected chi connectivity index (χ4v) is 3.81. The van der Waals surface area contributed by atoms with Crippen molar-refractivity contribution in [3.05, 3.63) is 67.3 Å². The first kappa shape index (κ1) is 15.3. The van der Waals surface area contributed by atoms with Crippen molar-refractivity contribution in [1.82, 2.24) is 0 Å². The van der Waals surface area contributed by atoms with Crippen LogP contribution in [0.4, 0.5) is 4.39 Å². The Bertz CT molecular complexity index is 582. The Balaban J connectivity index is 2.28. The smallest absolute Gasteiger partial charge is 0.127 e. The van der Waals surface area contributed by atoms with E-state index < -0.39 is 0 Å². The van der Waals surface area contributed by atoms with E-state index in [0.29, 0.717) is 17.0 Å². The second-order valence-electron chi connectivity index (χ2n) is 4.04. The largest absolute Gasteiger partial charge is 0.207 e. The van der Waals surface area contributed by atoms with Gasteiger partial charge in [-0.15, -0.1) is 11.6 Å². The van der Waals surface area contributed by atoms with Crippen LogP contribution in [-0.2, 0) is 6.42 Å². The zero-order valence-corrected chi connectivity index (χ0v) is 14.3. The molecule has 0 amide bonds. The van der Waals surface area contributed by atoms with Gasteiger partial charge in [-0.3, -0.25) is 0 Å². The Kier molecular flexibility index (Phi) is 5.29. The normalized spacial score (nSPS) is 12.5. The van der Waals surface area contributed by atoms with Gasteiger partial charge in [0.1, 0.15) is 5.82 Å². The minimum Gasteiger partial charge on any atom is -0.207 e. The van der Waals surface area contributed by atoms with Crippen LogP contribution in [0.2, 0.25) is 5.02 Å². The van der Waals surface area contributed by atoms with Crippen LogP contribution in [0.1, 0.15) is 16.5 Å². The summed E-state index contributed by atoms with van der Waals surface area (Å²) in [5.41, 5.74) is 1.35. The van der Waals surface area contributed by atoms with Crippen LogP contribution in [0.15, 0.2) is 45.3 Å². The lowest BCUT2D eigenvalue weighted by Gasteiger charge is -2.14. The first-order chi connectivity index (χ1) is 8.99. The number of hydrogen-bond acceptors (Lipinski definition) is 0. The molecule has 100 valence electrons. The minimum atomic E-state index is -0.350. The molecule has 0 fully saturated rings. The van der Waals surface area contributed by atoms with Crippen LogP contribution in [0.5, 0.6) is 0 Å². The van der Waals surface area contributed by atoms with Crippen molar-refractivity contribution in [3.63, 3.8) is 0 Å². The zero-order chi connectivity index (χ0) is 14.0. The summed E-state index contributed by atoms with van der Waals surface area (Å²) >= 11 is 19.2. The first-order valence-electron chi connectivity index (χ1n) is 5.51. The Labute approximate surface area is 138 Å². The fraction of sp³-hybridized carbons (Fsp3) is 0.143. The Morgan fingerprint density at radius 1 is 1.16 bits per heavy atom. The van der Waals surface area contributed by atoms with Gasteiger partial charge >= 0.3 is 0 Å². The van der Waals surface area contributed by atoms with Crippen LogP contribution in [-0.4, -0.2) is 0 Å². The molecule has 2 rings (SSSR count). The molecular weight excluding hydrogens is 418 g/mol. The third kappa shape index (κ3) is 3.72. The van der Waals surface area contributed by atoms with Gasteiger partial charge in [0.05, 0.1) is 5.38 Å². The number of hydrogen-bond donors (Lipinski definition) is 0. The van der Waals surface area contributed by atoms with E-state index in [1.165, 1.54) is 6.07 Å². The third-order valence-electron chi connectivity index (χ3n) is 2.74. The van der Waals surface area contributed by atoms with Gasteiger partial charge in [-0.05, 0) is 36.2 Å². The topological polar surface area (TPSA) is 0 Å². The maximum absolute atomic E-state index is 13.7. The molecule has 0 aliphatic rings. The second-order valence-corrected chi connectivity index (χ2v) is 6.74. The molecule has 0 bridgehead atoms. The van der Waals surface area contributed by atoms with Gasteiger partial charge in [-0.25, -0.2) is 4.39 Å². The van der Waals surface area contributed by atoms with Gasteiger partial charge in [-0.2, -0.15) is 0 Å². The van der Waals surface area contributed by atoms with Crippen LogP contribution >= 0.6 is 55.1 Å². The van der Waals surface area contributed by atoms with E-state index in [1.54, 1.807) is 12.1 Å². The van der Waals surface area contributed by atoms with E-state index in [0.717, 1.165) is 14.5 Å². The molecule has 1 unspecified atom stereocenters. The van der Waals surface area contributed by atoms with Crippen molar-refractivity contribution < 1.29 is 4.39 Å². The summed E-state index contributed by atoms with van der Waals surface area (Å²) in [4.78, 5) is 0. The quantitative estimate of drug-likeness (QED) is 0.489. The zero-order valence-electron chi connectivity index (χ0n) is 9.64. The highest BCUT2D eigenvalue weighted by Crippen LogP contribution is 2.34. The summed E-state index contributed by atoms with van der Waals surface area (Å²) in [6.45, 7) is 0. The van der Waals surface area contributed by atoms with Crippen LogP contribution in [0.3, 0.4) is 0 Å². The van der Waals surface area contributed by atoms with E-state index in [4.69, 9.17) is 23.2 Å². The van der Waals surface area contributed by atoms with Crippen LogP contribution < -0.4 is 0 Å². The maximum atomic E-state index is 13.7. The molecule has 2 aromatic carbocycles. The molecule has 0 heterocycles. The summed E-state index contributed by atoms with van der Waals surface area (Å²) in [5, 5.41) is 0.0516. The van der Waals surface area contributed by atoms with Crippen molar-refractivity contribution in [2.75, 3.05) is 0 Å². The Morgan fingerprint density at radius 3 is 2.53 bits per heavy atom. The van der Waals surface area contributed by atoms with Crippen LogP contribution in [0.25, 0.3) is 0 Å². The van der Waals surface area contributed by atoms with Crippen molar-refractivity contribution in [2.45, 2.75) is 11.8 Å². The second kappa shape index (κ2) is 6.57. The molecule has 19 heavy (non-hydrogen) atoms. The summed E-state index contributed by atoms with van der Waals surface area (Å²) in [5.74, 6) is -0.327. The van der Waals surface area contributed by atoms with Crippen molar-refractivity contribution in [2.24, 2.45) is 0 Å². The van der Waals surface area contributed by atoms with Crippen molar-refractivity contribution in [1.29, 1.82) is 0 Å². The highest BCUT2D eigenvalue weighted by Gasteiger charge is 2.16. The predicted octanol–water partition coefficient (Wildman–Crippen LogP) is 6.53. The molecule has 5 heteroatoms. The van der Waals surface area contributed by atoms with E-state index in [1.807, 2.05) is 18.2 Å². The van der Waals surface area contributed by atoms with Crippen molar-refractivity contribution in [3.8, 4) is 0 Å². The van der Waals surface area contributed by atoms with E-state index in [-0.39, 0.29) is 11.2 Å². The summed E-state index contributed by atoms with van der Waals surface area (Å²) in [6.07, 6.45) is 0.341. The van der Waals surface area contributed by atoms with E-state index in [9.17, 15) is 4.39 Å². The van der Waals surface area contributed by atoms with E-state index >= 15 is 0 Å². The molecule has 0 aliphatic carbocycles. The lowest BCUT2D eigenvalue weighted by molar-refractivity contribution is 0.607. The van der Waals surface area contributed by atoms with Gasteiger partial charge < -0.3 is 0 Å². The molecule has 0 aliphatic heterocycles. The molecule has 2 aromatic rings. The number of benzene rings is 2. The van der Waals surface area contributed by atoms with Gasteiger partial charge in [0, 0.05) is 19.5 Å². The van der Waals surface area contributed by atoms with Gasteiger partial charge in [0.15, 0.2) is 0 Å². The molecule has 0 radical (unpaired) electrons. The molecule has 0 spiro atoms. The fourth-order valence-electron chi connectivity index (χ4n) is 1.77. The Hall–Kier alpha value is -0.0900. The number of alkyl halides is 1. The first-order valence-corrected chi connectivity index (χ1v) is 7.91. The highest BCUT2D eigenvalue weighted by molar-refractivity contribution is 9.11. The van der Waals surface area contributed by atoms with Crippen molar-refractivity contribution >= 4 is 55.1 Å². The summed E-state index contributed by atoms with van der Waals surface area (Å²) in [6, 6.07) is 10.4. The number of halogens is 5. The maximum Gasteiger partial charge on any atom is 0.127 e. The van der Waals surface area contributed by atoms with E-state index in [2.05, 4.69) is 31.9 Å². The summed E-state index contributed by atoms with van der Waals surface area (Å²) < 4.78 is 15.6. The van der Waals surface area contributed by atoms with Gasteiger partial charge in [0.2, 0.25) is 0 Å². The third-order valence-corrected chi connectivity index (χ3v) is 4.67. The molecule has 0 saturated heterocycles. The van der Waals surface area contributed by atoms with Gasteiger partial charge in [0.25, 0.3) is 0 Å². The average Bonchev–Trinajstić information content (AvgIpc) is 2.33. The van der Waals surface area contributed by atoms with Gasteiger partial charge in [-0.1, -0.05) is 55.6 Å². The number of rotatable bonds is 3. The minimum absolute atomic E-state index is 0.327. The lowest BCUT2D eigenvalue weighted by atomic mass is 10.0. The molecular formula is C14H9Br2Cl2F. The average molecular weight is 427 g/mol. The predicted molar refractivity (Wildman–Crippen MR) is 85.6 cm³/mol.